The van der Waals surface area contributed by atoms with Gasteiger partial charge in [-0.1, -0.05) is 24.3 Å². The third kappa shape index (κ3) is 4.56. The molecule has 11 heteroatoms. The number of hydrogen-bond acceptors (Lipinski definition) is 8. The summed E-state index contributed by atoms with van der Waals surface area (Å²) >= 11 is 0. The van der Waals surface area contributed by atoms with E-state index in [-0.39, 0.29) is 17.9 Å². The summed E-state index contributed by atoms with van der Waals surface area (Å²) in [5, 5.41) is 7.25. The van der Waals surface area contributed by atoms with E-state index in [1.807, 2.05) is 36.4 Å². The summed E-state index contributed by atoms with van der Waals surface area (Å²) in [5.74, 6) is -0.970. The zero-order valence-corrected chi connectivity index (χ0v) is 21.4. The Labute approximate surface area is 219 Å². The fourth-order valence-electron chi connectivity index (χ4n) is 4.99. The van der Waals surface area contributed by atoms with Gasteiger partial charge in [0.25, 0.3) is 5.91 Å². The van der Waals surface area contributed by atoms with Crippen molar-refractivity contribution in [1.29, 1.82) is 0 Å². The van der Waals surface area contributed by atoms with E-state index in [0.717, 1.165) is 16.3 Å². The normalized spacial score (nSPS) is 26.6. The standard InChI is InChI=1S/C27H28N4O6S/c1-2-18-13-27(18,26(33)31-38(34,35)20-7-8-20)30-24(32)23-12-19(14-28-23)37-25-21-6-4-3-5-16(21)11-22(29-25)17-9-10-36-15-17/h2-6,9-11,15,18-20,23,28H,1,7-8,12-14H2,(H,30,32)(H,31,33). The van der Waals surface area contributed by atoms with Gasteiger partial charge in [-0.15, -0.1) is 6.58 Å². The maximum absolute atomic E-state index is 13.2. The van der Waals surface area contributed by atoms with Gasteiger partial charge in [0.1, 0.15) is 11.6 Å². The molecule has 4 unspecified atom stereocenters. The lowest BCUT2D eigenvalue weighted by atomic mass is 10.1. The van der Waals surface area contributed by atoms with Crippen LogP contribution in [0.4, 0.5) is 0 Å². The van der Waals surface area contributed by atoms with Gasteiger partial charge < -0.3 is 19.8 Å². The molecule has 0 spiro atoms. The van der Waals surface area contributed by atoms with Crippen LogP contribution in [0.1, 0.15) is 25.7 Å². The number of furan rings is 1. The van der Waals surface area contributed by atoms with E-state index in [1.54, 1.807) is 18.6 Å². The summed E-state index contributed by atoms with van der Waals surface area (Å²) in [6.45, 7) is 4.14. The number of pyridine rings is 1. The number of nitrogens with zero attached hydrogens (tertiary/aromatic N) is 1. The number of nitrogens with one attached hydrogen (secondary N) is 3. The maximum Gasteiger partial charge on any atom is 0.259 e. The molecule has 38 heavy (non-hydrogen) atoms. The van der Waals surface area contributed by atoms with Gasteiger partial charge in [0, 0.05) is 29.8 Å². The lowest BCUT2D eigenvalue weighted by Gasteiger charge is -2.21. The van der Waals surface area contributed by atoms with Gasteiger partial charge >= 0.3 is 0 Å². The minimum Gasteiger partial charge on any atom is -0.472 e. The van der Waals surface area contributed by atoms with Crippen molar-refractivity contribution in [3.63, 3.8) is 0 Å². The van der Waals surface area contributed by atoms with E-state index < -0.39 is 32.8 Å². The summed E-state index contributed by atoms with van der Waals surface area (Å²) in [6.07, 6.45) is 6.17. The van der Waals surface area contributed by atoms with Crippen LogP contribution < -0.4 is 20.1 Å². The highest BCUT2D eigenvalue weighted by molar-refractivity contribution is 7.91. The molecule has 1 aliphatic heterocycles. The molecule has 3 aromatic rings. The molecule has 198 valence electrons. The van der Waals surface area contributed by atoms with Crippen LogP contribution in [-0.4, -0.2) is 54.7 Å². The largest absolute Gasteiger partial charge is 0.472 e. The number of hydrogen-bond donors (Lipinski definition) is 3. The summed E-state index contributed by atoms with van der Waals surface area (Å²) < 4.78 is 38.3. The highest BCUT2D eigenvalue weighted by Crippen LogP contribution is 2.45. The second kappa shape index (κ2) is 9.25. The molecule has 1 saturated heterocycles. The maximum atomic E-state index is 13.2. The number of rotatable bonds is 9. The lowest BCUT2D eigenvalue weighted by Crippen LogP contribution is -2.55. The molecule has 3 heterocycles. The van der Waals surface area contributed by atoms with Crippen LogP contribution in [0.5, 0.6) is 5.88 Å². The second-order valence-electron chi connectivity index (χ2n) is 10.2. The summed E-state index contributed by atoms with van der Waals surface area (Å²) in [4.78, 5) is 30.8. The quantitative estimate of drug-likeness (QED) is 0.354. The first-order valence-electron chi connectivity index (χ1n) is 12.6. The van der Waals surface area contributed by atoms with Crippen LogP contribution in [0.2, 0.25) is 0 Å². The predicted octanol–water partition coefficient (Wildman–Crippen LogP) is 2.27. The van der Waals surface area contributed by atoms with E-state index in [2.05, 4.69) is 21.9 Å². The average molecular weight is 537 g/mol. The molecule has 6 rings (SSSR count). The molecule has 4 atom stereocenters. The Morgan fingerprint density at radius 1 is 1.24 bits per heavy atom. The monoisotopic (exact) mass is 536 g/mol. The minimum absolute atomic E-state index is 0.303. The number of amides is 2. The van der Waals surface area contributed by atoms with E-state index in [4.69, 9.17) is 14.1 Å². The topological polar surface area (TPSA) is 140 Å². The van der Waals surface area contributed by atoms with Crippen molar-refractivity contribution in [1.82, 2.24) is 20.3 Å². The lowest BCUT2D eigenvalue weighted by molar-refractivity contribution is -0.130. The molecule has 3 N–H and O–H groups in total. The third-order valence-corrected chi connectivity index (χ3v) is 9.28. The zero-order valence-electron chi connectivity index (χ0n) is 20.6. The number of aromatic nitrogens is 1. The van der Waals surface area contributed by atoms with Gasteiger partial charge in [-0.05, 0) is 42.8 Å². The zero-order chi connectivity index (χ0) is 26.5. The van der Waals surface area contributed by atoms with Gasteiger partial charge in [-0.3, -0.25) is 14.3 Å². The van der Waals surface area contributed by atoms with Crippen LogP contribution in [0.25, 0.3) is 22.0 Å². The van der Waals surface area contributed by atoms with Gasteiger partial charge in [-0.2, -0.15) is 0 Å². The SMILES string of the molecule is C=CC1CC1(NC(=O)C1CC(Oc2nc(-c3ccoc3)cc3ccccc23)CN1)C(=O)NS(=O)(=O)C1CC1. The number of benzene rings is 1. The molecule has 2 saturated carbocycles. The Bertz CT molecular complexity index is 1520. The summed E-state index contributed by atoms with van der Waals surface area (Å²) in [7, 11) is -3.73. The molecule has 0 bridgehead atoms. The molecule has 1 aromatic carbocycles. The first-order chi connectivity index (χ1) is 18.3. The average Bonchev–Trinajstić information content (AvgIpc) is 3.76. The third-order valence-electron chi connectivity index (χ3n) is 7.46. The number of carbonyl (C=O) groups is 2. The molecule has 3 aliphatic rings. The Balaban J connectivity index is 1.15. The van der Waals surface area contributed by atoms with E-state index in [1.165, 1.54) is 0 Å². The van der Waals surface area contributed by atoms with Crippen LogP contribution in [0.15, 0.2) is 66.0 Å². The first kappa shape index (κ1) is 24.6. The van der Waals surface area contributed by atoms with Crippen molar-refractivity contribution in [2.24, 2.45) is 5.92 Å². The van der Waals surface area contributed by atoms with Crippen LogP contribution in [-0.2, 0) is 19.6 Å². The summed E-state index contributed by atoms with van der Waals surface area (Å²) in [6, 6.07) is 11.0. The second-order valence-corrected chi connectivity index (χ2v) is 12.1. The van der Waals surface area contributed by atoms with E-state index >= 15 is 0 Å². The van der Waals surface area contributed by atoms with Crippen LogP contribution in [0.3, 0.4) is 0 Å². The van der Waals surface area contributed by atoms with Crippen molar-refractivity contribution in [2.45, 2.75) is 48.6 Å². The van der Waals surface area contributed by atoms with Crippen molar-refractivity contribution >= 4 is 32.6 Å². The van der Waals surface area contributed by atoms with Crippen molar-refractivity contribution in [3.8, 4) is 17.1 Å². The number of ether oxygens (including phenoxy) is 1. The molecular formula is C27H28N4O6S. The molecule has 0 radical (unpaired) electrons. The van der Waals surface area contributed by atoms with Crippen molar-refractivity contribution in [3.05, 3.63) is 61.6 Å². The Hall–Kier alpha value is -3.70. The molecule has 2 amide bonds. The molecular weight excluding hydrogens is 508 g/mol. The number of sulfonamides is 1. The Morgan fingerprint density at radius 2 is 2.05 bits per heavy atom. The predicted molar refractivity (Wildman–Crippen MR) is 140 cm³/mol. The molecule has 2 aromatic heterocycles. The van der Waals surface area contributed by atoms with Crippen molar-refractivity contribution < 1.29 is 27.2 Å². The summed E-state index contributed by atoms with van der Waals surface area (Å²) in [5.41, 5.74) is 0.236. The molecule has 2 aliphatic carbocycles. The van der Waals surface area contributed by atoms with Crippen LogP contribution in [0, 0.1) is 5.92 Å². The van der Waals surface area contributed by atoms with Crippen molar-refractivity contribution in [2.75, 3.05) is 6.54 Å². The first-order valence-corrected chi connectivity index (χ1v) is 14.2. The smallest absolute Gasteiger partial charge is 0.259 e. The molecule has 10 nitrogen and oxygen atoms in total. The highest BCUT2D eigenvalue weighted by atomic mass is 32.2. The fraction of sp³-hybridized carbons (Fsp3) is 0.370. The van der Waals surface area contributed by atoms with Gasteiger partial charge in [0.15, 0.2) is 0 Å². The number of carbonyl (C=O) groups excluding carboxylic acids is 2. The Morgan fingerprint density at radius 3 is 2.76 bits per heavy atom. The Kier molecular flexibility index (Phi) is 5.99. The van der Waals surface area contributed by atoms with Gasteiger partial charge in [0.2, 0.25) is 21.8 Å². The van der Waals surface area contributed by atoms with E-state index in [0.29, 0.717) is 43.8 Å². The highest BCUT2D eigenvalue weighted by Gasteiger charge is 2.61. The van der Waals surface area contributed by atoms with Crippen LogP contribution >= 0.6 is 0 Å². The van der Waals surface area contributed by atoms with Gasteiger partial charge in [0.05, 0.1) is 29.5 Å². The van der Waals surface area contributed by atoms with E-state index in [9.17, 15) is 18.0 Å². The minimum atomic E-state index is -3.73. The van der Waals surface area contributed by atoms with Gasteiger partial charge in [-0.25, -0.2) is 13.4 Å². The molecule has 3 fully saturated rings. The number of fused-ring (bicyclic) bond motifs is 1. The fourth-order valence-corrected chi connectivity index (χ4v) is 6.35.